The zero-order valence-corrected chi connectivity index (χ0v) is 9.34. The van der Waals surface area contributed by atoms with Crippen LogP contribution in [0.15, 0.2) is 18.2 Å². The Hall–Kier alpha value is -2.77. The van der Waals surface area contributed by atoms with Gasteiger partial charge in [-0.25, -0.2) is 4.79 Å². The van der Waals surface area contributed by atoms with Gasteiger partial charge in [-0.2, -0.15) is 5.21 Å². The molecule has 18 heavy (non-hydrogen) atoms. The van der Waals surface area contributed by atoms with Gasteiger partial charge in [0, 0.05) is 0 Å². The van der Waals surface area contributed by atoms with Crippen molar-refractivity contribution < 1.29 is 14.7 Å². The van der Waals surface area contributed by atoms with Crippen molar-refractivity contribution in [2.75, 3.05) is 5.32 Å². The standard InChI is InChI=1S/C10H9N5O3/c1-5-3-2-4-6(7(5)10(17)18)11-9(16)8-12-14-15-13-8/h2-4H,1H3,(H,11,16)(H,17,18)(H,12,13,14,15). The second-order valence-electron chi connectivity index (χ2n) is 3.49. The first-order chi connectivity index (χ1) is 8.59. The van der Waals surface area contributed by atoms with E-state index >= 15 is 0 Å². The van der Waals surface area contributed by atoms with Crippen LogP contribution in [0.2, 0.25) is 0 Å². The summed E-state index contributed by atoms with van der Waals surface area (Å²) in [5.74, 6) is -1.90. The molecule has 0 spiro atoms. The number of nitrogens with zero attached hydrogens (tertiary/aromatic N) is 3. The molecule has 0 bridgehead atoms. The predicted molar refractivity (Wildman–Crippen MR) is 60.3 cm³/mol. The lowest BCUT2D eigenvalue weighted by atomic mass is 10.1. The first-order valence-corrected chi connectivity index (χ1v) is 4.97. The Morgan fingerprint density at radius 2 is 2.17 bits per heavy atom. The Balaban J connectivity index is 2.32. The molecule has 0 radical (unpaired) electrons. The quantitative estimate of drug-likeness (QED) is 0.724. The maximum atomic E-state index is 11.7. The van der Waals surface area contributed by atoms with E-state index in [0.717, 1.165) is 0 Å². The molecule has 0 aliphatic rings. The molecule has 0 fully saturated rings. The van der Waals surface area contributed by atoms with Crippen LogP contribution in [-0.2, 0) is 0 Å². The number of carboxylic acid groups (broad SMARTS) is 1. The molecule has 0 aliphatic heterocycles. The third-order valence-electron chi connectivity index (χ3n) is 2.28. The average molecular weight is 247 g/mol. The highest BCUT2D eigenvalue weighted by Gasteiger charge is 2.17. The highest BCUT2D eigenvalue weighted by molar-refractivity contribution is 6.06. The van der Waals surface area contributed by atoms with E-state index in [4.69, 9.17) is 5.11 Å². The van der Waals surface area contributed by atoms with Crippen LogP contribution >= 0.6 is 0 Å². The minimum Gasteiger partial charge on any atom is -0.478 e. The molecular weight excluding hydrogens is 238 g/mol. The molecule has 8 nitrogen and oxygen atoms in total. The van der Waals surface area contributed by atoms with Crippen LogP contribution in [-0.4, -0.2) is 37.6 Å². The van der Waals surface area contributed by atoms with E-state index < -0.39 is 11.9 Å². The highest BCUT2D eigenvalue weighted by Crippen LogP contribution is 2.19. The van der Waals surface area contributed by atoms with Crippen molar-refractivity contribution in [2.24, 2.45) is 0 Å². The monoisotopic (exact) mass is 247 g/mol. The summed E-state index contributed by atoms with van der Waals surface area (Å²) in [5, 5.41) is 23.9. The molecule has 1 amide bonds. The van der Waals surface area contributed by atoms with E-state index in [2.05, 4.69) is 25.9 Å². The number of anilines is 1. The molecular formula is C10H9N5O3. The first kappa shape index (κ1) is 11.7. The molecule has 0 unspecified atom stereocenters. The summed E-state index contributed by atoms with van der Waals surface area (Å²) in [6.07, 6.45) is 0. The highest BCUT2D eigenvalue weighted by atomic mass is 16.4. The molecule has 92 valence electrons. The van der Waals surface area contributed by atoms with E-state index in [1.165, 1.54) is 6.07 Å². The van der Waals surface area contributed by atoms with Crippen molar-refractivity contribution in [3.63, 3.8) is 0 Å². The van der Waals surface area contributed by atoms with Gasteiger partial charge in [0.2, 0.25) is 0 Å². The third kappa shape index (κ3) is 2.17. The number of hydrogen-bond donors (Lipinski definition) is 3. The second-order valence-corrected chi connectivity index (χ2v) is 3.49. The molecule has 1 heterocycles. The number of benzene rings is 1. The van der Waals surface area contributed by atoms with E-state index in [9.17, 15) is 9.59 Å². The predicted octanol–water partition coefficient (Wildman–Crippen LogP) is 0.459. The Morgan fingerprint density at radius 1 is 1.39 bits per heavy atom. The van der Waals surface area contributed by atoms with Crippen molar-refractivity contribution in [3.05, 3.63) is 35.2 Å². The largest absolute Gasteiger partial charge is 0.478 e. The number of aromatic amines is 1. The fourth-order valence-electron chi connectivity index (χ4n) is 1.49. The summed E-state index contributed by atoms with van der Waals surface area (Å²) in [5.41, 5.74) is 0.778. The number of nitrogens with one attached hydrogen (secondary N) is 2. The van der Waals surface area contributed by atoms with Crippen LogP contribution in [0.3, 0.4) is 0 Å². The lowest BCUT2D eigenvalue weighted by Crippen LogP contribution is -2.17. The molecule has 2 aromatic rings. The Bertz CT molecular complexity index is 594. The van der Waals surface area contributed by atoms with E-state index in [1.807, 2.05) is 0 Å². The van der Waals surface area contributed by atoms with Crippen molar-refractivity contribution in [3.8, 4) is 0 Å². The van der Waals surface area contributed by atoms with Crippen LogP contribution in [0, 0.1) is 6.92 Å². The molecule has 3 N–H and O–H groups in total. The van der Waals surface area contributed by atoms with E-state index in [1.54, 1.807) is 19.1 Å². The molecule has 0 aliphatic carbocycles. The molecule has 0 saturated heterocycles. The lowest BCUT2D eigenvalue weighted by molar-refractivity contribution is 0.0697. The molecule has 2 rings (SSSR count). The normalized spacial score (nSPS) is 10.1. The SMILES string of the molecule is Cc1cccc(NC(=O)c2nn[nH]n2)c1C(=O)O. The number of rotatable bonds is 3. The summed E-state index contributed by atoms with van der Waals surface area (Å²) in [7, 11) is 0. The van der Waals surface area contributed by atoms with E-state index in [-0.39, 0.29) is 17.1 Å². The van der Waals surface area contributed by atoms with Gasteiger partial charge in [-0.05, 0) is 23.8 Å². The maximum Gasteiger partial charge on any atom is 0.338 e. The van der Waals surface area contributed by atoms with Gasteiger partial charge < -0.3 is 10.4 Å². The summed E-state index contributed by atoms with van der Waals surface area (Å²) in [6, 6.07) is 4.79. The number of tetrazole rings is 1. The van der Waals surface area contributed by atoms with Crippen LogP contribution in [0.5, 0.6) is 0 Å². The van der Waals surface area contributed by atoms with Crippen molar-refractivity contribution in [1.82, 2.24) is 20.6 Å². The third-order valence-corrected chi connectivity index (χ3v) is 2.28. The van der Waals surface area contributed by atoms with Crippen LogP contribution in [0.1, 0.15) is 26.5 Å². The summed E-state index contributed by atoms with van der Waals surface area (Å²) in [6.45, 7) is 1.65. The second kappa shape index (κ2) is 4.62. The maximum absolute atomic E-state index is 11.7. The van der Waals surface area contributed by atoms with Crippen molar-refractivity contribution in [1.29, 1.82) is 0 Å². The average Bonchev–Trinajstić information content (AvgIpc) is 2.81. The minimum absolute atomic E-state index is 0.0364. The van der Waals surface area contributed by atoms with Gasteiger partial charge in [0.1, 0.15) is 0 Å². The van der Waals surface area contributed by atoms with Gasteiger partial charge in [-0.15, -0.1) is 10.2 Å². The zero-order valence-electron chi connectivity index (χ0n) is 9.34. The first-order valence-electron chi connectivity index (χ1n) is 4.97. The van der Waals surface area contributed by atoms with Crippen molar-refractivity contribution >= 4 is 17.6 Å². The Labute approximate surface area is 101 Å². The summed E-state index contributed by atoms with van der Waals surface area (Å²) in [4.78, 5) is 22.8. The number of amides is 1. The number of aromatic nitrogens is 4. The van der Waals surface area contributed by atoms with Gasteiger partial charge in [0.05, 0.1) is 11.3 Å². The van der Waals surface area contributed by atoms with Gasteiger partial charge in [0.25, 0.3) is 11.7 Å². The Kier molecular flexibility index (Phi) is 3.00. The van der Waals surface area contributed by atoms with Crippen LogP contribution in [0.25, 0.3) is 0 Å². The summed E-state index contributed by atoms with van der Waals surface area (Å²) >= 11 is 0. The number of carbonyl (C=O) groups excluding carboxylic acids is 1. The van der Waals surface area contributed by atoms with Gasteiger partial charge in [-0.1, -0.05) is 12.1 Å². The topological polar surface area (TPSA) is 121 Å². The summed E-state index contributed by atoms with van der Waals surface area (Å²) < 4.78 is 0. The zero-order chi connectivity index (χ0) is 13.1. The number of carboxylic acids is 1. The molecule has 1 aromatic heterocycles. The number of hydrogen-bond acceptors (Lipinski definition) is 5. The number of aryl methyl sites for hydroxylation is 1. The number of H-pyrrole nitrogens is 1. The van der Waals surface area contributed by atoms with Gasteiger partial charge >= 0.3 is 5.97 Å². The van der Waals surface area contributed by atoms with Crippen LogP contribution in [0.4, 0.5) is 5.69 Å². The Morgan fingerprint density at radius 3 is 2.78 bits per heavy atom. The van der Waals surface area contributed by atoms with Gasteiger partial charge in [0.15, 0.2) is 0 Å². The van der Waals surface area contributed by atoms with Crippen LogP contribution < -0.4 is 5.32 Å². The fraction of sp³-hybridized carbons (Fsp3) is 0.100. The smallest absolute Gasteiger partial charge is 0.338 e. The van der Waals surface area contributed by atoms with E-state index in [0.29, 0.717) is 5.56 Å². The molecule has 0 atom stereocenters. The minimum atomic E-state index is -1.11. The number of carbonyl (C=O) groups is 2. The molecule has 1 aromatic carbocycles. The molecule has 8 heteroatoms. The molecule has 0 saturated carbocycles. The fourth-order valence-corrected chi connectivity index (χ4v) is 1.49. The van der Waals surface area contributed by atoms with Crippen molar-refractivity contribution in [2.45, 2.75) is 6.92 Å². The number of aromatic carboxylic acids is 1. The lowest BCUT2D eigenvalue weighted by Gasteiger charge is -2.08. The van der Waals surface area contributed by atoms with Gasteiger partial charge in [-0.3, -0.25) is 4.79 Å².